The lowest BCUT2D eigenvalue weighted by atomic mass is 9.98. The monoisotopic (exact) mass is 167 g/mol. The Bertz CT molecular complexity index is 232. The molecule has 0 spiro atoms. The lowest BCUT2D eigenvalue weighted by molar-refractivity contribution is 0.246. The van der Waals surface area contributed by atoms with Gasteiger partial charge in [0.05, 0.1) is 0 Å². The molecule has 1 N–H and O–H groups in total. The average Bonchev–Trinajstić information content (AvgIpc) is 2.56. The van der Waals surface area contributed by atoms with Crippen molar-refractivity contribution in [1.29, 1.82) is 0 Å². The lowest BCUT2D eigenvalue weighted by Crippen LogP contribution is -2.31. The fraction of sp³-hybridized carbons (Fsp3) is 0.857. The smallest absolute Gasteiger partial charge is 0.178 e. The van der Waals surface area contributed by atoms with Crippen molar-refractivity contribution < 1.29 is 0 Å². The van der Waals surface area contributed by atoms with Crippen LogP contribution in [0.2, 0.25) is 0 Å². The van der Waals surface area contributed by atoms with Crippen LogP contribution in [0.4, 0.5) is 0 Å². The first-order valence-corrected chi connectivity index (χ1v) is 4.28. The Morgan fingerprint density at radius 1 is 1.58 bits per heavy atom. The number of H-pyrrole nitrogens is 1. The summed E-state index contributed by atoms with van der Waals surface area (Å²) < 4.78 is 0. The maximum Gasteiger partial charge on any atom is 0.178 e. The first-order valence-electron chi connectivity index (χ1n) is 4.28. The number of piperidine rings is 1. The molecule has 2 heterocycles. The van der Waals surface area contributed by atoms with Crippen LogP contribution in [0.25, 0.3) is 0 Å². The topological polar surface area (TPSA) is 57.7 Å². The first-order chi connectivity index (χ1) is 5.86. The lowest BCUT2D eigenvalue weighted by Gasteiger charge is -2.27. The Balaban J connectivity index is 2.04. The van der Waals surface area contributed by atoms with E-state index in [0.29, 0.717) is 5.92 Å². The summed E-state index contributed by atoms with van der Waals surface area (Å²) in [6.45, 7) is 2.24. The summed E-state index contributed by atoms with van der Waals surface area (Å²) in [7, 11) is 2.13. The number of likely N-dealkylation sites (tertiary alicyclic amines) is 1. The SMILES string of the molecule is CN1CCCC(c2nn[nH]n2)C1. The molecule has 1 saturated heterocycles. The molecule has 12 heavy (non-hydrogen) atoms. The number of aromatic amines is 1. The summed E-state index contributed by atoms with van der Waals surface area (Å²) in [5, 5.41) is 14.1. The maximum absolute atomic E-state index is 4.00. The Hall–Kier alpha value is -0.970. The van der Waals surface area contributed by atoms with Crippen molar-refractivity contribution in [1.82, 2.24) is 25.5 Å². The van der Waals surface area contributed by atoms with Crippen molar-refractivity contribution in [3.63, 3.8) is 0 Å². The van der Waals surface area contributed by atoms with E-state index in [1.165, 1.54) is 19.4 Å². The minimum absolute atomic E-state index is 0.475. The van der Waals surface area contributed by atoms with Crippen molar-refractivity contribution in [3.05, 3.63) is 5.82 Å². The molecule has 0 aromatic carbocycles. The molecule has 0 bridgehead atoms. The van der Waals surface area contributed by atoms with Crippen LogP contribution in [0.1, 0.15) is 24.6 Å². The van der Waals surface area contributed by atoms with Gasteiger partial charge in [-0.15, -0.1) is 10.2 Å². The van der Waals surface area contributed by atoms with Crippen molar-refractivity contribution in [2.75, 3.05) is 20.1 Å². The van der Waals surface area contributed by atoms with Crippen LogP contribution >= 0.6 is 0 Å². The van der Waals surface area contributed by atoms with E-state index in [-0.39, 0.29) is 0 Å². The molecule has 1 fully saturated rings. The predicted molar refractivity (Wildman–Crippen MR) is 43.6 cm³/mol. The van der Waals surface area contributed by atoms with Crippen molar-refractivity contribution >= 4 is 0 Å². The zero-order valence-electron chi connectivity index (χ0n) is 7.19. The zero-order chi connectivity index (χ0) is 8.39. The molecule has 66 valence electrons. The first kappa shape index (κ1) is 7.67. The van der Waals surface area contributed by atoms with Gasteiger partial charge in [0.15, 0.2) is 5.82 Å². The van der Waals surface area contributed by atoms with Crippen LogP contribution in [0.5, 0.6) is 0 Å². The van der Waals surface area contributed by atoms with Gasteiger partial charge in [-0.25, -0.2) is 0 Å². The van der Waals surface area contributed by atoms with Gasteiger partial charge in [-0.05, 0) is 26.4 Å². The van der Waals surface area contributed by atoms with Gasteiger partial charge in [0.2, 0.25) is 0 Å². The van der Waals surface area contributed by atoms with Crippen LogP contribution in [-0.4, -0.2) is 45.7 Å². The van der Waals surface area contributed by atoms with Gasteiger partial charge in [0.25, 0.3) is 0 Å². The molecule has 5 nitrogen and oxygen atoms in total. The minimum atomic E-state index is 0.475. The molecule has 0 aliphatic carbocycles. The minimum Gasteiger partial charge on any atom is -0.306 e. The second-order valence-corrected chi connectivity index (χ2v) is 3.37. The van der Waals surface area contributed by atoms with Crippen molar-refractivity contribution in [2.24, 2.45) is 0 Å². The van der Waals surface area contributed by atoms with Gasteiger partial charge in [0, 0.05) is 12.5 Å². The van der Waals surface area contributed by atoms with E-state index in [4.69, 9.17) is 0 Å². The van der Waals surface area contributed by atoms with E-state index in [9.17, 15) is 0 Å². The third kappa shape index (κ3) is 1.45. The van der Waals surface area contributed by atoms with Crippen LogP contribution in [0, 0.1) is 0 Å². The molecule has 1 atom stereocenters. The van der Waals surface area contributed by atoms with Crippen LogP contribution in [0.15, 0.2) is 0 Å². The summed E-state index contributed by atoms with van der Waals surface area (Å²) in [6.07, 6.45) is 2.42. The Labute approximate surface area is 71.1 Å². The summed E-state index contributed by atoms with van der Waals surface area (Å²) in [6, 6.07) is 0. The highest BCUT2D eigenvalue weighted by atomic mass is 15.5. The van der Waals surface area contributed by atoms with E-state index in [0.717, 1.165) is 12.4 Å². The number of hydrogen-bond donors (Lipinski definition) is 1. The third-order valence-electron chi connectivity index (χ3n) is 2.35. The fourth-order valence-electron chi connectivity index (χ4n) is 1.72. The highest BCUT2D eigenvalue weighted by molar-refractivity contribution is 4.94. The standard InChI is InChI=1S/C7H13N5/c1-12-4-2-3-6(5-12)7-8-10-11-9-7/h6H,2-5H2,1H3,(H,8,9,10,11). The molecule has 0 amide bonds. The number of tetrazole rings is 1. The largest absolute Gasteiger partial charge is 0.306 e. The average molecular weight is 167 g/mol. The summed E-state index contributed by atoms with van der Waals surface area (Å²) in [5.41, 5.74) is 0. The zero-order valence-corrected chi connectivity index (χ0v) is 7.19. The Kier molecular flexibility index (Phi) is 2.03. The van der Waals surface area contributed by atoms with E-state index in [2.05, 4.69) is 32.6 Å². The number of rotatable bonds is 1. The molecule has 2 rings (SSSR count). The van der Waals surface area contributed by atoms with Gasteiger partial charge in [-0.3, -0.25) is 0 Å². The van der Waals surface area contributed by atoms with Gasteiger partial charge in [0.1, 0.15) is 0 Å². The van der Waals surface area contributed by atoms with Gasteiger partial charge < -0.3 is 4.90 Å². The third-order valence-corrected chi connectivity index (χ3v) is 2.35. The van der Waals surface area contributed by atoms with E-state index >= 15 is 0 Å². The van der Waals surface area contributed by atoms with Crippen molar-refractivity contribution in [3.8, 4) is 0 Å². The van der Waals surface area contributed by atoms with Gasteiger partial charge in [-0.1, -0.05) is 5.21 Å². The van der Waals surface area contributed by atoms with Crippen LogP contribution < -0.4 is 0 Å². The van der Waals surface area contributed by atoms with Crippen LogP contribution in [0.3, 0.4) is 0 Å². The van der Waals surface area contributed by atoms with E-state index in [1.807, 2.05) is 0 Å². The molecule has 1 aromatic rings. The molecule has 1 aliphatic rings. The van der Waals surface area contributed by atoms with E-state index in [1.54, 1.807) is 0 Å². The normalized spacial score (nSPS) is 25.9. The van der Waals surface area contributed by atoms with Crippen LogP contribution in [-0.2, 0) is 0 Å². The summed E-state index contributed by atoms with van der Waals surface area (Å²) in [4.78, 5) is 2.31. The van der Waals surface area contributed by atoms with Gasteiger partial charge in [-0.2, -0.15) is 5.21 Å². The Morgan fingerprint density at radius 2 is 2.50 bits per heavy atom. The van der Waals surface area contributed by atoms with Gasteiger partial charge >= 0.3 is 0 Å². The number of hydrogen-bond acceptors (Lipinski definition) is 4. The maximum atomic E-state index is 4.00. The molecule has 1 unspecified atom stereocenters. The number of likely N-dealkylation sites (N-methyl/N-ethyl adjacent to an activating group) is 1. The predicted octanol–water partition coefficient (Wildman–Crippen LogP) is 0.00890. The number of aromatic nitrogens is 4. The highest BCUT2D eigenvalue weighted by Gasteiger charge is 2.21. The Morgan fingerprint density at radius 3 is 3.17 bits per heavy atom. The summed E-state index contributed by atoms with van der Waals surface area (Å²) >= 11 is 0. The molecule has 5 heteroatoms. The quantitative estimate of drug-likeness (QED) is 0.640. The molecule has 0 radical (unpaired) electrons. The molecule has 1 aromatic heterocycles. The second kappa shape index (κ2) is 3.18. The second-order valence-electron chi connectivity index (χ2n) is 3.37. The molecular weight excluding hydrogens is 154 g/mol. The fourth-order valence-corrected chi connectivity index (χ4v) is 1.72. The molecule has 1 aliphatic heterocycles. The summed E-state index contributed by atoms with van der Waals surface area (Å²) in [5.74, 6) is 1.34. The molecular formula is C7H13N5. The van der Waals surface area contributed by atoms with E-state index < -0.39 is 0 Å². The number of nitrogens with one attached hydrogen (secondary N) is 1. The molecule has 0 saturated carbocycles. The van der Waals surface area contributed by atoms with Crippen molar-refractivity contribution in [2.45, 2.75) is 18.8 Å². The highest BCUT2D eigenvalue weighted by Crippen LogP contribution is 2.22. The number of nitrogens with zero attached hydrogens (tertiary/aromatic N) is 4.